The van der Waals surface area contributed by atoms with Gasteiger partial charge in [0.05, 0.1) is 6.04 Å². The molecular formula is C22H22N4O3. The van der Waals surface area contributed by atoms with Crippen LogP contribution in [0.15, 0.2) is 65.2 Å². The Morgan fingerprint density at radius 3 is 2.76 bits per heavy atom. The van der Waals surface area contributed by atoms with Gasteiger partial charge in [-0.3, -0.25) is 14.5 Å². The van der Waals surface area contributed by atoms with Crippen LogP contribution in [0.3, 0.4) is 0 Å². The molecule has 4 rings (SSSR count). The van der Waals surface area contributed by atoms with Crippen LogP contribution in [0.2, 0.25) is 0 Å². The summed E-state index contributed by atoms with van der Waals surface area (Å²) in [5.74, 6) is -0.0903. The van der Waals surface area contributed by atoms with Gasteiger partial charge in [-0.1, -0.05) is 47.6 Å². The van der Waals surface area contributed by atoms with Crippen molar-refractivity contribution in [2.75, 3.05) is 11.9 Å². The van der Waals surface area contributed by atoms with E-state index in [1.54, 1.807) is 6.07 Å². The summed E-state index contributed by atoms with van der Waals surface area (Å²) in [7, 11) is 0. The number of hydrogen-bond donors (Lipinski definition) is 2. The second kappa shape index (κ2) is 8.28. The number of carbonyl (C=O) groups excluding carboxylic acids is 2. The molecule has 0 aliphatic carbocycles. The molecule has 0 saturated carbocycles. The van der Waals surface area contributed by atoms with E-state index < -0.39 is 0 Å². The van der Waals surface area contributed by atoms with Crippen molar-refractivity contribution in [2.45, 2.75) is 25.4 Å². The lowest BCUT2D eigenvalue weighted by Crippen LogP contribution is -2.39. The minimum absolute atomic E-state index is 0.211. The number of rotatable bonds is 6. The summed E-state index contributed by atoms with van der Waals surface area (Å²) in [4.78, 5) is 26.2. The van der Waals surface area contributed by atoms with Crippen molar-refractivity contribution in [2.24, 2.45) is 5.73 Å². The fourth-order valence-corrected chi connectivity index (χ4v) is 3.64. The second-order valence-corrected chi connectivity index (χ2v) is 7.13. The first-order chi connectivity index (χ1) is 14.1. The van der Waals surface area contributed by atoms with E-state index in [9.17, 15) is 9.59 Å². The quantitative estimate of drug-likeness (QED) is 0.674. The van der Waals surface area contributed by atoms with Crippen LogP contribution >= 0.6 is 0 Å². The third kappa shape index (κ3) is 4.35. The number of nitrogens with two attached hydrogens (primary N) is 1. The number of primary amides is 1. The van der Waals surface area contributed by atoms with Gasteiger partial charge in [0, 0.05) is 23.9 Å². The third-order valence-corrected chi connectivity index (χ3v) is 5.06. The number of nitrogens with zero attached hydrogens (tertiary/aromatic N) is 2. The molecule has 1 aliphatic heterocycles. The van der Waals surface area contributed by atoms with E-state index in [0.29, 0.717) is 18.0 Å². The van der Waals surface area contributed by atoms with Crippen molar-refractivity contribution in [3.8, 4) is 11.3 Å². The number of carbonyl (C=O) groups is 2. The fourth-order valence-electron chi connectivity index (χ4n) is 3.64. The molecule has 1 saturated heterocycles. The summed E-state index contributed by atoms with van der Waals surface area (Å²) in [5.41, 5.74) is 8.22. The maximum atomic E-state index is 12.6. The SMILES string of the molecule is NC(=O)C1CCCN1Cc1cccc(NC(=O)c2cc(-c3ccccc3)on2)c1. The zero-order valence-corrected chi connectivity index (χ0v) is 15.9. The Hall–Kier alpha value is -3.45. The van der Waals surface area contributed by atoms with Gasteiger partial charge in [-0.15, -0.1) is 0 Å². The van der Waals surface area contributed by atoms with Crippen molar-refractivity contribution in [3.05, 3.63) is 71.9 Å². The van der Waals surface area contributed by atoms with Crippen LogP contribution in [0.4, 0.5) is 5.69 Å². The lowest BCUT2D eigenvalue weighted by Gasteiger charge is -2.22. The topological polar surface area (TPSA) is 101 Å². The smallest absolute Gasteiger partial charge is 0.277 e. The van der Waals surface area contributed by atoms with E-state index in [0.717, 1.165) is 30.5 Å². The number of aromatic nitrogens is 1. The number of amides is 2. The highest BCUT2D eigenvalue weighted by Crippen LogP contribution is 2.23. The number of benzene rings is 2. The van der Waals surface area contributed by atoms with Gasteiger partial charge in [-0.2, -0.15) is 0 Å². The molecule has 7 nitrogen and oxygen atoms in total. The molecule has 2 heterocycles. The van der Waals surface area contributed by atoms with Gasteiger partial charge < -0.3 is 15.6 Å². The molecule has 1 atom stereocenters. The molecule has 29 heavy (non-hydrogen) atoms. The van der Waals surface area contributed by atoms with Gasteiger partial charge in [-0.25, -0.2) is 0 Å². The Balaban J connectivity index is 1.43. The Morgan fingerprint density at radius 2 is 1.97 bits per heavy atom. The fraction of sp³-hybridized carbons (Fsp3) is 0.227. The maximum absolute atomic E-state index is 12.6. The molecule has 1 fully saturated rings. The molecule has 1 unspecified atom stereocenters. The van der Waals surface area contributed by atoms with Crippen molar-refractivity contribution in [1.29, 1.82) is 0 Å². The molecule has 2 aromatic carbocycles. The van der Waals surface area contributed by atoms with Crippen LogP contribution in [-0.2, 0) is 11.3 Å². The highest BCUT2D eigenvalue weighted by atomic mass is 16.5. The first-order valence-corrected chi connectivity index (χ1v) is 9.56. The van der Waals surface area contributed by atoms with Crippen LogP contribution in [0.5, 0.6) is 0 Å². The average molecular weight is 390 g/mol. The molecule has 3 N–H and O–H groups in total. The van der Waals surface area contributed by atoms with E-state index in [2.05, 4.69) is 15.4 Å². The van der Waals surface area contributed by atoms with Gasteiger partial charge in [-0.05, 0) is 37.1 Å². The van der Waals surface area contributed by atoms with E-state index >= 15 is 0 Å². The molecule has 1 aromatic heterocycles. The molecular weight excluding hydrogens is 368 g/mol. The van der Waals surface area contributed by atoms with Crippen LogP contribution in [0, 0.1) is 0 Å². The molecule has 0 spiro atoms. The summed E-state index contributed by atoms with van der Waals surface area (Å²) in [6, 6.07) is 18.4. The Labute approximate surface area is 168 Å². The summed E-state index contributed by atoms with van der Waals surface area (Å²) in [5, 5.41) is 6.73. The summed E-state index contributed by atoms with van der Waals surface area (Å²) < 4.78 is 5.29. The van der Waals surface area contributed by atoms with Crippen molar-refractivity contribution < 1.29 is 14.1 Å². The lowest BCUT2D eigenvalue weighted by molar-refractivity contribution is -0.122. The zero-order valence-electron chi connectivity index (χ0n) is 15.9. The molecule has 2 amide bonds. The van der Waals surface area contributed by atoms with Gasteiger partial charge in [0.15, 0.2) is 11.5 Å². The van der Waals surface area contributed by atoms with E-state index in [1.807, 2.05) is 54.6 Å². The summed E-state index contributed by atoms with van der Waals surface area (Å²) >= 11 is 0. The third-order valence-electron chi connectivity index (χ3n) is 5.06. The van der Waals surface area contributed by atoms with Crippen LogP contribution in [0.1, 0.15) is 28.9 Å². The number of hydrogen-bond acceptors (Lipinski definition) is 5. The average Bonchev–Trinajstić information content (AvgIpc) is 3.39. The standard InChI is InChI=1S/C22H22N4O3/c23-21(27)19-10-5-11-26(19)14-15-6-4-9-17(12-15)24-22(28)18-13-20(29-25-18)16-7-2-1-3-8-16/h1-4,6-9,12-13,19H,5,10-11,14H2,(H2,23,27)(H,24,28). The minimum Gasteiger partial charge on any atom is -0.368 e. The van der Waals surface area contributed by atoms with Crippen LogP contribution < -0.4 is 11.1 Å². The van der Waals surface area contributed by atoms with E-state index in [1.165, 1.54) is 0 Å². The van der Waals surface area contributed by atoms with E-state index in [4.69, 9.17) is 10.3 Å². The molecule has 3 aromatic rings. The Bertz CT molecular complexity index is 1020. The normalized spacial score (nSPS) is 16.6. The summed E-state index contributed by atoms with van der Waals surface area (Å²) in [6.45, 7) is 1.45. The first-order valence-electron chi connectivity index (χ1n) is 9.56. The molecule has 0 bridgehead atoms. The van der Waals surface area contributed by atoms with Crippen molar-refractivity contribution >= 4 is 17.5 Å². The lowest BCUT2D eigenvalue weighted by atomic mass is 10.1. The van der Waals surface area contributed by atoms with Gasteiger partial charge in [0.2, 0.25) is 5.91 Å². The molecule has 0 radical (unpaired) electrons. The largest absolute Gasteiger partial charge is 0.368 e. The van der Waals surface area contributed by atoms with E-state index in [-0.39, 0.29) is 23.6 Å². The minimum atomic E-state index is -0.343. The molecule has 7 heteroatoms. The number of likely N-dealkylation sites (tertiary alicyclic amines) is 1. The number of nitrogens with one attached hydrogen (secondary N) is 1. The highest BCUT2D eigenvalue weighted by Gasteiger charge is 2.28. The highest BCUT2D eigenvalue weighted by molar-refractivity contribution is 6.03. The molecule has 1 aliphatic rings. The second-order valence-electron chi connectivity index (χ2n) is 7.13. The molecule has 148 valence electrons. The van der Waals surface area contributed by atoms with Gasteiger partial charge in [0.25, 0.3) is 5.91 Å². The van der Waals surface area contributed by atoms with Crippen LogP contribution in [0.25, 0.3) is 11.3 Å². The first kappa shape index (κ1) is 18.9. The summed E-state index contributed by atoms with van der Waals surface area (Å²) in [6.07, 6.45) is 1.75. The maximum Gasteiger partial charge on any atom is 0.277 e. The van der Waals surface area contributed by atoms with Crippen molar-refractivity contribution in [1.82, 2.24) is 10.1 Å². The number of anilines is 1. The van der Waals surface area contributed by atoms with Gasteiger partial charge >= 0.3 is 0 Å². The van der Waals surface area contributed by atoms with Gasteiger partial charge in [0.1, 0.15) is 0 Å². The monoisotopic (exact) mass is 390 g/mol. The zero-order chi connectivity index (χ0) is 20.2. The predicted molar refractivity (Wildman–Crippen MR) is 109 cm³/mol. The van der Waals surface area contributed by atoms with Crippen molar-refractivity contribution in [3.63, 3.8) is 0 Å². The van der Waals surface area contributed by atoms with Crippen LogP contribution in [-0.4, -0.2) is 34.5 Å². The Morgan fingerprint density at radius 1 is 1.14 bits per heavy atom. The predicted octanol–water partition coefficient (Wildman–Crippen LogP) is 3.04. The Kier molecular flexibility index (Phi) is 5.39.